The summed E-state index contributed by atoms with van der Waals surface area (Å²) in [4.78, 5) is 11.7. The molecule has 0 aliphatic heterocycles. The van der Waals surface area contributed by atoms with Crippen molar-refractivity contribution in [3.63, 3.8) is 0 Å². The van der Waals surface area contributed by atoms with Gasteiger partial charge in [0.25, 0.3) is 5.91 Å². The van der Waals surface area contributed by atoms with Crippen molar-refractivity contribution in [3.8, 4) is 0 Å². The van der Waals surface area contributed by atoms with Gasteiger partial charge in [-0.2, -0.15) is 0 Å². The van der Waals surface area contributed by atoms with Crippen molar-refractivity contribution < 1.29 is 4.79 Å². The molecule has 1 rings (SSSR count). The zero-order valence-electron chi connectivity index (χ0n) is 8.26. The summed E-state index contributed by atoms with van der Waals surface area (Å²) in [6.07, 6.45) is 0. The summed E-state index contributed by atoms with van der Waals surface area (Å²) < 4.78 is 0.678. The van der Waals surface area contributed by atoms with E-state index in [2.05, 4.69) is 21.2 Å². The first kappa shape index (κ1) is 12.5. The SMILES string of the molecule is CC(CN)NC(=O)c1ccc(Cl)cc1Br. The number of hydrogen-bond acceptors (Lipinski definition) is 2. The summed E-state index contributed by atoms with van der Waals surface area (Å²) in [5, 5.41) is 3.36. The highest BCUT2D eigenvalue weighted by Gasteiger charge is 2.11. The van der Waals surface area contributed by atoms with E-state index in [-0.39, 0.29) is 11.9 Å². The third-order valence-electron chi connectivity index (χ3n) is 1.91. The lowest BCUT2D eigenvalue weighted by Gasteiger charge is -2.12. The monoisotopic (exact) mass is 290 g/mol. The van der Waals surface area contributed by atoms with Gasteiger partial charge < -0.3 is 11.1 Å². The van der Waals surface area contributed by atoms with Crippen molar-refractivity contribution in [3.05, 3.63) is 33.3 Å². The molecule has 0 spiro atoms. The average Bonchev–Trinajstić information content (AvgIpc) is 2.17. The molecule has 3 nitrogen and oxygen atoms in total. The van der Waals surface area contributed by atoms with Crippen molar-refractivity contribution in [2.24, 2.45) is 5.73 Å². The summed E-state index contributed by atoms with van der Waals surface area (Å²) >= 11 is 9.06. The fourth-order valence-corrected chi connectivity index (χ4v) is 1.90. The van der Waals surface area contributed by atoms with E-state index in [4.69, 9.17) is 17.3 Å². The molecule has 0 fully saturated rings. The van der Waals surface area contributed by atoms with Gasteiger partial charge in [-0.1, -0.05) is 11.6 Å². The number of rotatable bonds is 3. The van der Waals surface area contributed by atoms with E-state index >= 15 is 0 Å². The zero-order chi connectivity index (χ0) is 11.4. The maximum absolute atomic E-state index is 11.7. The van der Waals surface area contributed by atoms with Crippen LogP contribution in [0.4, 0.5) is 0 Å². The first-order valence-electron chi connectivity index (χ1n) is 4.50. The van der Waals surface area contributed by atoms with Gasteiger partial charge in [-0.3, -0.25) is 4.79 Å². The smallest absolute Gasteiger partial charge is 0.252 e. The molecule has 0 bridgehead atoms. The lowest BCUT2D eigenvalue weighted by molar-refractivity contribution is 0.0940. The predicted molar refractivity (Wildman–Crippen MR) is 65.1 cm³/mol. The molecule has 82 valence electrons. The molecule has 1 aromatic carbocycles. The van der Waals surface area contributed by atoms with Gasteiger partial charge in [0.2, 0.25) is 0 Å². The van der Waals surface area contributed by atoms with Crippen LogP contribution in [0.3, 0.4) is 0 Å². The van der Waals surface area contributed by atoms with E-state index in [0.717, 1.165) is 0 Å². The normalized spacial score (nSPS) is 12.3. The topological polar surface area (TPSA) is 55.1 Å². The molecule has 1 amide bonds. The van der Waals surface area contributed by atoms with Gasteiger partial charge >= 0.3 is 0 Å². The first-order chi connectivity index (χ1) is 7.04. The molecule has 5 heteroatoms. The molecule has 0 aliphatic carbocycles. The van der Waals surface area contributed by atoms with Crippen LogP contribution >= 0.6 is 27.5 Å². The van der Waals surface area contributed by atoms with Crippen LogP contribution in [0.2, 0.25) is 5.02 Å². The first-order valence-corrected chi connectivity index (χ1v) is 5.67. The summed E-state index contributed by atoms with van der Waals surface area (Å²) in [5.41, 5.74) is 5.97. The quantitative estimate of drug-likeness (QED) is 0.897. The standard InChI is InChI=1S/C10H12BrClN2O/c1-6(5-13)14-10(15)8-3-2-7(12)4-9(8)11/h2-4,6H,5,13H2,1H3,(H,14,15). The predicted octanol–water partition coefficient (Wildman–Crippen LogP) is 2.18. The summed E-state index contributed by atoms with van der Waals surface area (Å²) in [5.74, 6) is -0.156. The molecule has 0 radical (unpaired) electrons. The van der Waals surface area contributed by atoms with E-state index in [1.54, 1.807) is 18.2 Å². The third kappa shape index (κ3) is 3.48. The number of hydrogen-bond donors (Lipinski definition) is 2. The Kier molecular flexibility index (Phi) is 4.57. The van der Waals surface area contributed by atoms with E-state index in [1.165, 1.54) is 0 Å². The highest BCUT2D eigenvalue weighted by Crippen LogP contribution is 2.21. The van der Waals surface area contributed by atoms with Gasteiger partial charge in [0.05, 0.1) is 5.56 Å². The summed E-state index contributed by atoms with van der Waals surface area (Å²) in [7, 11) is 0. The molecule has 0 heterocycles. The molecule has 0 saturated heterocycles. The van der Waals surface area contributed by atoms with Gasteiger partial charge in [0.1, 0.15) is 0 Å². The van der Waals surface area contributed by atoms with Crippen LogP contribution in [0, 0.1) is 0 Å². The fraction of sp³-hybridized carbons (Fsp3) is 0.300. The lowest BCUT2D eigenvalue weighted by atomic mass is 10.2. The van der Waals surface area contributed by atoms with Gasteiger partial charge in [-0.05, 0) is 41.1 Å². The summed E-state index contributed by atoms with van der Waals surface area (Å²) in [6.45, 7) is 2.26. The zero-order valence-corrected chi connectivity index (χ0v) is 10.6. The van der Waals surface area contributed by atoms with Crippen molar-refractivity contribution in [1.82, 2.24) is 5.32 Å². The maximum Gasteiger partial charge on any atom is 0.252 e. The van der Waals surface area contributed by atoms with Crippen molar-refractivity contribution in [2.45, 2.75) is 13.0 Å². The fourth-order valence-electron chi connectivity index (χ4n) is 1.03. The molecule has 1 atom stereocenters. The van der Waals surface area contributed by atoms with Gasteiger partial charge in [-0.25, -0.2) is 0 Å². The second-order valence-electron chi connectivity index (χ2n) is 3.23. The Hall–Kier alpha value is -0.580. The van der Waals surface area contributed by atoms with Gasteiger partial charge in [0, 0.05) is 22.1 Å². The van der Waals surface area contributed by atoms with E-state index < -0.39 is 0 Å². The van der Waals surface area contributed by atoms with Crippen LogP contribution in [0.5, 0.6) is 0 Å². The minimum atomic E-state index is -0.156. The Morgan fingerprint density at radius 3 is 2.87 bits per heavy atom. The van der Waals surface area contributed by atoms with E-state index in [0.29, 0.717) is 21.6 Å². The number of halogens is 2. The largest absolute Gasteiger partial charge is 0.348 e. The maximum atomic E-state index is 11.7. The molecule has 3 N–H and O–H groups in total. The lowest BCUT2D eigenvalue weighted by Crippen LogP contribution is -2.37. The minimum Gasteiger partial charge on any atom is -0.348 e. The van der Waals surface area contributed by atoms with Crippen LogP contribution in [0.15, 0.2) is 22.7 Å². The average molecular weight is 292 g/mol. The number of amides is 1. The van der Waals surface area contributed by atoms with Crippen LogP contribution < -0.4 is 11.1 Å². The highest BCUT2D eigenvalue weighted by molar-refractivity contribution is 9.10. The van der Waals surface area contributed by atoms with Crippen LogP contribution in [-0.4, -0.2) is 18.5 Å². The Bertz CT molecular complexity index is 370. The van der Waals surface area contributed by atoms with Crippen LogP contribution in [0.25, 0.3) is 0 Å². The molecule has 1 unspecified atom stereocenters. The summed E-state index contributed by atoms with van der Waals surface area (Å²) in [6, 6.07) is 4.99. The molecule has 0 aliphatic rings. The molecular formula is C10H12BrClN2O. The number of carbonyl (C=O) groups is 1. The van der Waals surface area contributed by atoms with Crippen molar-refractivity contribution in [1.29, 1.82) is 0 Å². The van der Waals surface area contributed by atoms with Crippen molar-refractivity contribution in [2.75, 3.05) is 6.54 Å². The van der Waals surface area contributed by atoms with Gasteiger partial charge in [0.15, 0.2) is 0 Å². The number of nitrogens with two attached hydrogens (primary N) is 1. The highest BCUT2D eigenvalue weighted by atomic mass is 79.9. The molecule has 15 heavy (non-hydrogen) atoms. The van der Waals surface area contributed by atoms with E-state index in [1.807, 2.05) is 6.92 Å². The van der Waals surface area contributed by atoms with Gasteiger partial charge in [-0.15, -0.1) is 0 Å². The third-order valence-corrected chi connectivity index (χ3v) is 2.80. The molecule has 0 aromatic heterocycles. The molecule has 0 saturated carbocycles. The minimum absolute atomic E-state index is 0.0416. The number of carbonyl (C=O) groups excluding carboxylic acids is 1. The van der Waals surface area contributed by atoms with Crippen LogP contribution in [-0.2, 0) is 0 Å². The molecular weight excluding hydrogens is 279 g/mol. The Balaban J connectivity index is 2.82. The van der Waals surface area contributed by atoms with Crippen molar-refractivity contribution >= 4 is 33.4 Å². The Labute approximate surface area is 102 Å². The van der Waals surface area contributed by atoms with E-state index in [9.17, 15) is 4.79 Å². The number of benzene rings is 1. The Morgan fingerprint density at radius 1 is 1.67 bits per heavy atom. The number of nitrogens with one attached hydrogen (secondary N) is 1. The Morgan fingerprint density at radius 2 is 2.33 bits per heavy atom. The second kappa shape index (κ2) is 5.49. The second-order valence-corrected chi connectivity index (χ2v) is 4.53. The molecule has 1 aromatic rings. The van der Waals surface area contributed by atoms with Crippen LogP contribution in [0.1, 0.15) is 17.3 Å².